The Hall–Kier alpha value is -3.20. The second-order valence-electron chi connectivity index (χ2n) is 6.25. The standard InChI is InChI=1S/C22H17NO2/c1-2-6-15(7-3-1)13-24-16-10-11-20-18(12-16)19-14-25-21-9-5-4-8-17(21)22(19)23-20/h1-12,23H,13-14H2. The maximum Gasteiger partial charge on any atom is 0.129 e. The molecule has 0 unspecified atom stereocenters. The zero-order chi connectivity index (χ0) is 16.6. The highest BCUT2D eigenvalue weighted by Crippen LogP contribution is 2.40. The quantitative estimate of drug-likeness (QED) is 0.553. The Morgan fingerprint density at radius 3 is 2.68 bits per heavy atom. The van der Waals surface area contributed by atoms with Crippen molar-refractivity contribution in [1.82, 2.24) is 4.98 Å². The maximum absolute atomic E-state index is 5.98. The third-order valence-corrected chi connectivity index (χ3v) is 4.65. The van der Waals surface area contributed by atoms with Crippen molar-refractivity contribution in [3.63, 3.8) is 0 Å². The monoisotopic (exact) mass is 327 g/mol. The fourth-order valence-electron chi connectivity index (χ4n) is 3.39. The van der Waals surface area contributed by atoms with E-state index in [1.807, 2.05) is 42.5 Å². The molecule has 4 aromatic rings. The van der Waals surface area contributed by atoms with E-state index in [1.54, 1.807) is 0 Å². The van der Waals surface area contributed by atoms with Gasteiger partial charge in [-0.3, -0.25) is 0 Å². The minimum Gasteiger partial charge on any atom is -0.489 e. The predicted octanol–water partition coefficient (Wildman–Crippen LogP) is 5.31. The number of nitrogens with one attached hydrogen (secondary N) is 1. The number of para-hydroxylation sites is 1. The molecule has 1 aliphatic heterocycles. The second-order valence-corrected chi connectivity index (χ2v) is 6.25. The zero-order valence-electron chi connectivity index (χ0n) is 13.7. The van der Waals surface area contributed by atoms with Crippen LogP contribution in [-0.2, 0) is 13.2 Å². The Bertz CT molecular complexity index is 1050. The second kappa shape index (κ2) is 5.71. The molecule has 1 aliphatic rings. The van der Waals surface area contributed by atoms with E-state index >= 15 is 0 Å². The summed E-state index contributed by atoms with van der Waals surface area (Å²) in [5.41, 5.74) is 5.73. The van der Waals surface area contributed by atoms with Crippen LogP contribution < -0.4 is 9.47 Å². The van der Waals surface area contributed by atoms with Crippen LogP contribution in [0.1, 0.15) is 11.1 Å². The number of benzene rings is 3. The summed E-state index contributed by atoms with van der Waals surface area (Å²) in [4.78, 5) is 3.54. The molecule has 0 bridgehead atoms. The first kappa shape index (κ1) is 14.2. The molecule has 1 N–H and O–H groups in total. The number of hydrogen-bond acceptors (Lipinski definition) is 2. The van der Waals surface area contributed by atoms with Gasteiger partial charge in [-0.2, -0.15) is 0 Å². The largest absolute Gasteiger partial charge is 0.489 e. The van der Waals surface area contributed by atoms with Gasteiger partial charge >= 0.3 is 0 Å². The van der Waals surface area contributed by atoms with Crippen LogP contribution in [0.4, 0.5) is 0 Å². The summed E-state index contributed by atoms with van der Waals surface area (Å²) in [5.74, 6) is 1.80. The van der Waals surface area contributed by atoms with Gasteiger partial charge in [-0.25, -0.2) is 0 Å². The molecule has 5 rings (SSSR count). The van der Waals surface area contributed by atoms with E-state index in [-0.39, 0.29) is 0 Å². The van der Waals surface area contributed by atoms with Crippen LogP contribution in [0, 0.1) is 0 Å². The lowest BCUT2D eigenvalue weighted by atomic mass is 10.0. The number of aromatic amines is 1. The molecule has 0 fully saturated rings. The summed E-state index contributed by atoms with van der Waals surface area (Å²) in [7, 11) is 0. The summed E-state index contributed by atoms with van der Waals surface area (Å²) in [6, 6.07) is 24.6. The van der Waals surface area contributed by atoms with Crippen molar-refractivity contribution in [2.24, 2.45) is 0 Å². The molecule has 1 aromatic heterocycles. The molecule has 0 aliphatic carbocycles. The van der Waals surface area contributed by atoms with Gasteiger partial charge in [0.05, 0.1) is 5.69 Å². The van der Waals surface area contributed by atoms with Crippen molar-refractivity contribution in [1.29, 1.82) is 0 Å². The SMILES string of the molecule is c1ccc(COc2ccc3[nH]c4c(c3c2)COc2ccccc2-4)cc1. The fraction of sp³-hybridized carbons (Fsp3) is 0.0909. The topological polar surface area (TPSA) is 34.2 Å². The summed E-state index contributed by atoms with van der Waals surface area (Å²) < 4.78 is 11.9. The van der Waals surface area contributed by atoms with Gasteiger partial charge in [0, 0.05) is 22.0 Å². The number of ether oxygens (including phenoxy) is 2. The lowest BCUT2D eigenvalue weighted by Gasteiger charge is -2.17. The van der Waals surface area contributed by atoms with Crippen molar-refractivity contribution in [3.05, 3.63) is 83.9 Å². The highest BCUT2D eigenvalue weighted by molar-refractivity contribution is 5.93. The first-order chi connectivity index (χ1) is 12.4. The Labute approximate surface area is 145 Å². The van der Waals surface area contributed by atoms with Gasteiger partial charge in [0.15, 0.2) is 0 Å². The number of H-pyrrole nitrogens is 1. The molecule has 25 heavy (non-hydrogen) atoms. The zero-order valence-corrected chi connectivity index (χ0v) is 13.7. The maximum atomic E-state index is 5.98. The Morgan fingerprint density at radius 1 is 0.920 bits per heavy atom. The Balaban J connectivity index is 1.51. The smallest absolute Gasteiger partial charge is 0.129 e. The van der Waals surface area contributed by atoms with Crippen LogP contribution in [0.15, 0.2) is 72.8 Å². The highest BCUT2D eigenvalue weighted by Gasteiger charge is 2.21. The number of hydrogen-bond donors (Lipinski definition) is 1. The lowest BCUT2D eigenvalue weighted by Crippen LogP contribution is -2.03. The molecule has 2 heterocycles. The van der Waals surface area contributed by atoms with E-state index in [9.17, 15) is 0 Å². The molecule has 0 atom stereocenters. The lowest BCUT2D eigenvalue weighted by molar-refractivity contribution is 0.302. The van der Waals surface area contributed by atoms with Gasteiger partial charge in [0.1, 0.15) is 24.7 Å². The van der Waals surface area contributed by atoms with Crippen molar-refractivity contribution in [2.45, 2.75) is 13.2 Å². The first-order valence-corrected chi connectivity index (χ1v) is 8.42. The van der Waals surface area contributed by atoms with Gasteiger partial charge < -0.3 is 14.5 Å². The van der Waals surface area contributed by atoms with Gasteiger partial charge in [-0.05, 0) is 35.9 Å². The molecule has 0 saturated heterocycles. The number of fused-ring (bicyclic) bond motifs is 5. The third kappa shape index (κ3) is 2.45. The van der Waals surface area contributed by atoms with Crippen molar-refractivity contribution in [3.8, 4) is 22.8 Å². The molecule has 0 amide bonds. The van der Waals surface area contributed by atoms with E-state index in [4.69, 9.17) is 9.47 Å². The molecular weight excluding hydrogens is 310 g/mol. The predicted molar refractivity (Wildman–Crippen MR) is 98.8 cm³/mol. The van der Waals surface area contributed by atoms with E-state index in [0.717, 1.165) is 39.2 Å². The average Bonchev–Trinajstić information content (AvgIpc) is 3.05. The summed E-state index contributed by atoms with van der Waals surface area (Å²) in [6.45, 7) is 1.15. The molecule has 3 heteroatoms. The van der Waals surface area contributed by atoms with E-state index in [0.29, 0.717) is 13.2 Å². The minimum absolute atomic E-state index is 0.568. The summed E-state index contributed by atoms with van der Waals surface area (Å²) >= 11 is 0. The van der Waals surface area contributed by atoms with E-state index in [1.165, 1.54) is 5.56 Å². The molecule has 0 radical (unpaired) electrons. The van der Waals surface area contributed by atoms with Crippen molar-refractivity contribution >= 4 is 10.9 Å². The van der Waals surface area contributed by atoms with Crippen LogP contribution in [-0.4, -0.2) is 4.98 Å². The first-order valence-electron chi connectivity index (χ1n) is 8.42. The molecule has 3 aromatic carbocycles. The van der Waals surface area contributed by atoms with E-state index in [2.05, 4.69) is 35.3 Å². The van der Waals surface area contributed by atoms with Crippen LogP contribution in [0.25, 0.3) is 22.2 Å². The van der Waals surface area contributed by atoms with Crippen LogP contribution in [0.2, 0.25) is 0 Å². The summed E-state index contributed by atoms with van der Waals surface area (Å²) in [5, 5.41) is 1.16. The highest BCUT2D eigenvalue weighted by atomic mass is 16.5. The van der Waals surface area contributed by atoms with Crippen LogP contribution in [0.5, 0.6) is 11.5 Å². The summed E-state index contributed by atoms with van der Waals surface area (Å²) in [6.07, 6.45) is 0. The molecule has 0 spiro atoms. The minimum atomic E-state index is 0.568. The van der Waals surface area contributed by atoms with Crippen molar-refractivity contribution < 1.29 is 9.47 Å². The molecule has 122 valence electrons. The van der Waals surface area contributed by atoms with Crippen LogP contribution >= 0.6 is 0 Å². The Morgan fingerprint density at radius 2 is 1.76 bits per heavy atom. The number of rotatable bonds is 3. The fourth-order valence-corrected chi connectivity index (χ4v) is 3.39. The normalized spacial score (nSPS) is 12.3. The van der Waals surface area contributed by atoms with Gasteiger partial charge in [-0.15, -0.1) is 0 Å². The number of aromatic nitrogens is 1. The Kier molecular flexibility index (Phi) is 3.23. The molecular formula is C22H17NO2. The average molecular weight is 327 g/mol. The van der Waals surface area contributed by atoms with Gasteiger partial charge in [0.25, 0.3) is 0 Å². The van der Waals surface area contributed by atoms with Crippen molar-refractivity contribution in [2.75, 3.05) is 0 Å². The van der Waals surface area contributed by atoms with E-state index < -0.39 is 0 Å². The molecule has 3 nitrogen and oxygen atoms in total. The van der Waals surface area contributed by atoms with Gasteiger partial charge in [0.2, 0.25) is 0 Å². The van der Waals surface area contributed by atoms with Crippen LogP contribution in [0.3, 0.4) is 0 Å². The molecule has 0 saturated carbocycles. The third-order valence-electron chi connectivity index (χ3n) is 4.65. The van der Waals surface area contributed by atoms with Gasteiger partial charge in [-0.1, -0.05) is 42.5 Å².